The lowest BCUT2D eigenvalue weighted by Crippen LogP contribution is -2.29. The minimum absolute atomic E-state index is 0.0387. The lowest BCUT2D eigenvalue weighted by atomic mass is 9.95. The van der Waals surface area contributed by atoms with Crippen LogP contribution in [-0.2, 0) is 16.0 Å². The summed E-state index contributed by atoms with van der Waals surface area (Å²) in [7, 11) is 0. The van der Waals surface area contributed by atoms with E-state index in [0.29, 0.717) is 35.1 Å². The third-order valence-corrected chi connectivity index (χ3v) is 5.78. The summed E-state index contributed by atoms with van der Waals surface area (Å²) in [6.07, 6.45) is 4.08. The lowest BCUT2D eigenvalue weighted by Gasteiger charge is -2.25. The Labute approximate surface area is 199 Å². The first-order valence-electron chi connectivity index (χ1n) is 11.4. The lowest BCUT2D eigenvalue weighted by molar-refractivity contribution is -0.132. The number of aromatic nitrogens is 1. The molecule has 0 bridgehead atoms. The first-order chi connectivity index (χ1) is 16.4. The molecule has 34 heavy (non-hydrogen) atoms. The minimum atomic E-state index is -0.782. The average molecular weight is 457 g/mol. The number of hydrogen-bond donors (Lipinski definition) is 1. The molecule has 0 aliphatic carbocycles. The molecule has 174 valence electrons. The number of ether oxygens (including phenoxy) is 1. The van der Waals surface area contributed by atoms with Crippen molar-refractivity contribution in [2.45, 2.75) is 33.2 Å². The molecule has 6 heteroatoms. The molecule has 1 unspecified atom stereocenters. The van der Waals surface area contributed by atoms with E-state index in [1.807, 2.05) is 38.1 Å². The number of anilines is 1. The van der Waals surface area contributed by atoms with Crippen LogP contribution in [0, 0.1) is 5.92 Å². The Morgan fingerprint density at radius 2 is 1.76 bits per heavy atom. The number of rotatable bonds is 7. The molecule has 4 rings (SSSR count). The predicted octanol–water partition coefficient (Wildman–Crippen LogP) is 5.31. The number of Topliss-reactive ketones (excluding diaryl/α,β-unsaturated/α-hetero) is 1. The van der Waals surface area contributed by atoms with E-state index in [-0.39, 0.29) is 11.3 Å². The molecule has 2 aromatic carbocycles. The molecule has 1 fully saturated rings. The quantitative estimate of drug-likeness (QED) is 0.296. The topological polar surface area (TPSA) is 79.7 Å². The summed E-state index contributed by atoms with van der Waals surface area (Å²) in [5.74, 6) is -0.717. The monoisotopic (exact) mass is 456 g/mol. The highest BCUT2D eigenvalue weighted by atomic mass is 16.5. The van der Waals surface area contributed by atoms with Gasteiger partial charge in [-0.25, -0.2) is 0 Å². The largest absolute Gasteiger partial charge is 0.507 e. The van der Waals surface area contributed by atoms with E-state index in [4.69, 9.17) is 4.74 Å². The van der Waals surface area contributed by atoms with E-state index in [0.717, 1.165) is 12.0 Å². The summed E-state index contributed by atoms with van der Waals surface area (Å²) < 4.78 is 5.79. The highest BCUT2D eigenvalue weighted by molar-refractivity contribution is 6.51. The van der Waals surface area contributed by atoms with Crippen LogP contribution in [0.5, 0.6) is 5.75 Å². The van der Waals surface area contributed by atoms with Crippen LogP contribution < -0.4 is 9.64 Å². The summed E-state index contributed by atoms with van der Waals surface area (Å²) in [5.41, 5.74) is 2.85. The number of amides is 1. The van der Waals surface area contributed by atoms with Crippen LogP contribution in [0.4, 0.5) is 5.69 Å². The fourth-order valence-corrected chi connectivity index (χ4v) is 4.00. The molecule has 1 aliphatic heterocycles. The molecule has 0 saturated carbocycles. The Kier molecular flexibility index (Phi) is 6.77. The van der Waals surface area contributed by atoms with Crippen LogP contribution in [-0.4, -0.2) is 28.4 Å². The van der Waals surface area contributed by atoms with Gasteiger partial charge in [0.15, 0.2) is 0 Å². The second kappa shape index (κ2) is 9.91. The van der Waals surface area contributed by atoms with Crippen molar-refractivity contribution in [3.63, 3.8) is 0 Å². The Balaban J connectivity index is 1.83. The number of aryl methyl sites for hydroxylation is 1. The Morgan fingerprint density at radius 1 is 1.06 bits per heavy atom. The second-order valence-electron chi connectivity index (χ2n) is 8.70. The van der Waals surface area contributed by atoms with Crippen molar-refractivity contribution in [3.8, 4) is 5.75 Å². The molecule has 1 N–H and O–H groups in total. The fourth-order valence-electron chi connectivity index (χ4n) is 4.00. The van der Waals surface area contributed by atoms with Gasteiger partial charge in [0.2, 0.25) is 0 Å². The fraction of sp³-hybridized carbons (Fsp3) is 0.250. The minimum Gasteiger partial charge on any atom is -0.507 e. The predicted molar refractivity (Wildman–Crippen MR) is 132 cm³/mol. The zero-order valence-electron chi connectivity index (χ0n) is 19.6. The van der Waals surface area contributed by atoms with Gasteiger partial charge in [0.05, 0.1) is 18.2 Å². The first-order valence-corrected chi connectivity index (χ1v) is 11.4. The highest BCUT2D eigenvalue weighted by Crippen LogP contribution is 2.42. The molecule has 6 nitrogen and oxygen atoms in total. The third-order valence-electron chi connectivity index (χ3n) is 5.78. The summed E-state index contributed by atoms with van der Waals surface area (Å²) in [4.78, 5) is 32.0. The van der Waals surface area contributed by atoms with Gasteiger partial charge in [-0.2, -0.15) is 0 Å². The number of benzene rings is 2. The molecule has 2 heterocycles. The zero-order valence-corrected chi connectivity index (χ0v) is 19.6. The van der Waals surface area contributed by atoms with E-state index >= 15 is 0 Å². The van der Waals surface area contributed by atoms with Crippen molar-refractivity contribution in [2.24, 2.45) is 5.92 Å². The van der Waals surface area contributed by atoms with Crippen LogP contribution in [0.2, 0.25) is 0 Å². The number of carbonyl (C=O) groups excluding carboxylic acids is 2. The molecule has 1 atom stereocenters. The maximum Gasteiger partial charge on any atom is 0.300 e. The molecule has 1 aromatic heterocycles. The zero-order chi connectivity index (χ0) is 24.2. The number of pyridine rings is 1. The van der Waals surface area contributed by atoms with E-state index in [9.17, 15) is 14.7 Å². The van der Waals surface area contributed by atoms with Crippen molar-refractivity contribution < 1.29 is 19.4 Å². The van der Waals surface area contributed by atoms with Crippen LogP contribution in [0.25, 0.3) is 5.76 Å². The number of aliphatic hydroxyl groups excluding tert-OH is 1. The molecule has 3 aromatic rings. The smallest absolute Gasteiger partial charge is 0.300 e. The number of ketones is 1. The number of carbonyl (C=O) groups is 2. The van der Waals surface area contributed by atoms with E-state index in [2.05, 4.69) is 11.9 Å². The van der Waals surface area contributed by atoms with Crippen molar-refractivity contribution in [1.29, 1.82) is 0 Å². The van der Waals surface area contributed by atoms with Gasteiger partial charge in [0, 0.05) is 23.6 Å². The van der Waals surface area contributed by atoms with E-state index < -0.39 is 17.7 Å². The van der Waals surface area contributed by atoms with E-state index in [1.54, 1.807) is 48.8 Å². The molecular formula is C28H28N2O4. The molecule has 0 spiro atoms. The molecule has 1 saturated heterocycles. The van der Waals surface area contributed by atoms with Gasteiger partial charge in [0.1, 0.15) is 11.5 Å². The van der Waals surface area contributed by atoms with Crippen LogP contribution in [0.3, 0.4) is 0 Å². The van der Waals surface area contributed by atoms with Gasteiger partial charge in [-0.15, -0.1) is 0 Å². The third kappa shape index (κ3) is 4.57. The standard InChI is InChI=1S/C28H28N2O4/c1-4-19-8-10-22(11-9-19)30-25(20-12-14-29-15-13-20)24(27(32)28(30)33)26(31)21-6-5-7-23(16-21)34-17-18(2)3/h5-16,18,25,31H,4,17H2,1-3H3/b26-24-. The average Bonchev–Trinajstić information content (AvgIpc) is 3.13. The summed E-state index contributed by atoms with van der Waals surface area (Å²) >= 11 is 0. The number of aliphatic hydroxyl groups is 1. The van der Waals surface area contributed by atoms with Crippen molar-refractivity contribution >= 4 is 23.1 Å². The number of hydrogen-bond acceptors (Lipinski definition) is 5. The molecule has 1 amide bonds. The van der Waals surface area contributed by atoms with Gasteiger partial charge in [0.25, 0.3) is 11.7 Å². The number of nitrogens with zero attached hydrogens (tertiary/aromatic N) is 2. The van der Waals surface area contributed by atoms with Gasteiger partial charge in [-0.1, -0.05) is 45.0 Å². The van der Waals surface area contributed by atoms with Crippen LogP contribution in [0.1, 0.15) is 43.5 Å². The summed E-state index contributed by atoms with van der Waals surface area (Å²) in [5, 5.41) is 11.3. The second-order valence-corrected chi connectivity index (χ2v) is 8.70. The Bertz CT molecular complexity index is 1220. The van der Waals surface area contributed by atoms with Crippen molar-refractivity contribution in [3.05, 3.63) is 95.3 Å². The van der Waals surface area contributed by atoms with Crippen molar-refractivity contribution in [1.82, 2.24) is 4.98 Å². The molecule has 0 radical (unpaired) electrons. The van der Waals surface area contributed by atoms with Gasteiger partial charge in [-0.05, 0) is 59.9 Å². The maximum atomic E-state index is 13.3. The maximum absolute atomic E-state index is 13.3. The summed E-state index contributed by atoms with van der Waals surface area (Å²) in [6, 6.07) is 17.2. The van der Waals surface area contributed by atoms with Gasteiger partial charge >= 0.3 is 0 Å². The van der Waals surface area contributed by atoms with Gasteiger partial charge < -0.3 is 9.84 Å². The van der Waals surface area contributed by atoms with Gasteiger partial charge in [-0.3, -0.25) is 19.5 Å². The van der Waals surface area contributed by atoms with Crippen LogP contribution in [0.15, 0.2) is 78.6 Å². The first kappa shape index (κ1) is 23.2. The molecule has 1 aliphatic rings. The normalized spacial score (nSPS) is 17.4. The van der Waals surface area contributed by atoms with Crippen molar-refractivity contribution in [2.75, 3.05) is 11.5 Å². The SMILES string of the molecule is CCc1ccc(N2C(=O)C(=O)/C(=C(\O)c3cccc(OCC(C)C)c3)C2c2ccncc2)cc1. The highest BCUT2D eigenvalue weighted by Gasteiger charge is 2.46. The molecular weight excluding hydrogens is 428 g/mol. The van der Waals surface area contributed by atoms with Crippen LogP contribution >= 0.6 is 0 Å². The Morgan fingerprint density at radius 3 is 2.41 bits per heavy atom. The summed E-state index contributed by atoms with van der Waals surface area (Å²) in [6.45, 7) is 6.68. The van der Waals surface area contributed by atoms with E-state index in [1.165, 1.54) is 4.90 Å². The Hall–Kier alpha value is -3.93.